The molecule has 0 bridgehead atoms. The number of carbonyl (C=O) groups excluding carboxylic acids is 2. The topological polar surface area (TPSA) is 252 Å². The van der Waals surface area contributed by atoms with Gasteiger partial charge in [0.15, 0.2) is 45.8 Å². The molecule has 2 amide bonds. The summed E-state index contributed by atoms with van der Waals surface area (Å²) < 4.78 is 34.3. The van der Waals surface area contributed by atoms with Crippen LogP contribution in [0.4, 0.5) is 11.6 Å². The van der Waals surface area contributed by atoms with Crippen molar-refractivity contribution < 1.29 is 47.5 Å². The summed E-state index contributed by atoms with van der Waals surface area (Å²) in [4.78, 5) is 73.8. The van der Waals surface area contributed by atoms with Crippen LogP contribution in [0.25, 0.3) is 22.3 Å². The minimum atomic E-state index is -4.06. The number of hydrogen-bond donors (Lipinski definition) is 6. The Morgan fingerprint density at radius 1 is 0.857 bits per heavy atom. The first-order valence-corrected chi connectivity index (χ1v) is 24.5. The molecule has 0 spiro atoms. The van der Waals surface area contributed by atoms with Crippen LogP contribution in [0.3, 0.4) is 0 Å². The van der Waals surface area contributed by atoms with E-state index in [1.807, 2.05) is 26.0 Å². The number of hydrogen-bond acceptors (Lipinski definition) is 17. The van der Waals surface area contributed by atoms with Crippen LogP contribution in [0.2, 0.25) is 0 Å². The van der Waals surface area contributed by atoms with Crippen LogP contribution in [-0.2, 0) is 34.9 Å². The van der Waals surface area contributed by atoms with Gasteiger partial charge >= 0.3 is 6.72 Å². The van der Waals surface area contributed by atoms with Gasteiger partial charge in [-0.2, -0.15) is 0 Å². The summed E-state index contributed by atoms with van der Waals surface area (Å²) in [6, 6.07) is 17.5. The van der Waals surface area contributed by atoms with Crippen LogP contribution in [0.1, 0.15) is 72.7 Å². The maximum atomic E-state index is 13.0. The van der Waals surface area contributed by atoms with Gasteiger partial charge in [-0.25, -0.2) is 29.9 Å². The second kappa shape index (κ2) is 19.9. The molecule has 8 rings (SSSR count). The van der Waals surface area contributed by atoms with E-state index in [2.05, 4.69) is 52.8 Å². The molecule has 20 nitrogen and oxygen atoms in total. The van der Waals surface area contributed by atoms with Crippen molar-refractivity contribution in [3.05, 3.63) is 109 Å². The number of carbonyl (C=O) groups is 2. The number of fused-ring (bicyclic) bond motifs is 2. The quantitative estimate of drug-likeness (QED) is 0.0466. The van der Waals surface area contributed by atoms with E-state index in [4.69, 9.17) is 40.0 Å². The summed E-state index contributed by atoms with van der Waals surface area (Å²) in [6.07, 6.45) is 7.73. The van der Waals surface area contributed by atoms with Gasteiger partial charge in [0.05, 0.1) is 31.5 Å². The minimum Gasteiger partial charge on any atom is -0.426 e. The number of rotatable bonds is 16. The molecule has 1 fully saturated rings. The molecule has 6 aromatic rings. The van der Waals surface area contributed by atoms with Gasteiger partial charge in [0, 0.05) is 36.1 Å². The summed E-state index contributed by atoms with van der Waals surface area (Å²) in [7, 11) is -1.10. The van der Waals surface area contributed by atoms with Crippen molar-refractivity contribution in [2.24, 2.45) is 0 Å². The molecule has 0 aliphatic carbocycles. The van der Waals surface area contributed by atoms with Gasteiger partial charge in [0.1, 0.15) is 24.6 Å². The normalized spacial score (nSPS) is 22.2. The number of nitrogens with zero attached hydrogens (tertiary/aromatic N) is 8. The van der Waals surface area contributed by atoms with Crippen LogP contribution in [0.15, 0.2) is 97.8 Å². The molecule has 2 aliphatic rings. The van der Waals surface area contributed by atoms with Crippen LogP contribution < -0.4 is 10.6 Å². The number of anilines is 2. The lowest BCUT2D eigenvalue weighted by Gasteiger charge is -2.33. The fourth-order valence-electron chi connectivity index (χ4n) is 7.11. The zero-order chi connectivity index (χ0) is 44.8. The average molecular weight is 939 g/mol. The highest BCUT2D eigenvalue weighted by molar-refractivity contribution is 8.41. The third-order valence-electron chi connectivity index (χ3n) is 10.5. The summed E-state index contributed by atoms with van der Waals surface area (Å²) in [5.74, 6) is -0.148. The molecule has 0 radical (unpaired) electrons. The van der Waals surface area contributed by atoms with E-state index in [1.54, 1.807) is 70.1 Å². The molecule has 2 aromatic carbocycles. The number of nitrogens with one attached hydrogen (secondary N) is 2. The van der Waals surface area contributed by atoms with Crippen molar-refractivity contribution in [1.82, 2.24) is 39.0 Å². The number of imidazole rings is 2. The van der Waals surface area contributed by atoms with Gasteiger partial charge < -0.3 is 44.0 Å². The Labute approximate surface area is 372 Å². The lowest BCUT2D eigenvalue weighted by atomic mass is 9.98. The van der Waals surface area contributed by atoms with Gasteiger partial charge in [0.25, 0.3) is 11.8 Å². The first kappa shape index (κ1) is 46.2. The fraction of sp³-hybridized carbons (Fsp3) is 0.333. The number of aliphatic hydroxyl groups excluding tert-OH is 1. The summed E-state index contributed by atoms with van der Waals surface area (Å²) >= 11 is 9.62. The molecule has 4 unspecified atom stereocenters. The van der Waals surface area contributed by atoms with Gasteiger partial charge in [-0.05, 0) is 49.9 Å². The van der Waals surface area contributed by atoms with Crippen molar-refractivity contribution in [1.29, 1.82) is 0 Å². The molecule has 6 atom stereocenters. The molecule has 0 saturated carbocycles. The number of amides is 2. The number of benzene rings is 2. The van der Waals surface area contributed by atoms with Crippen LogP contribution >= 0.6 is 26.5 Å². The van der Waals surface area contributed by atoms with Gasteiger partial charge in [-0.15, -0.1) is 0 Å². The number of ether oxygens (including phenoxy) is 2. The van der Waals surface area contributed by atoms with E-state index in [0.29, 0.717) is 52.7 Å². The fourth-order valence-corrected chi connectivity index (χ4v) is 8.93. The standard InChI is InChI=1S/C38H40N10O9P2S2.CH4O/c1-3-37(16-15-27(55-37)47-22-43-29-31(39-20-41-33(29)47)45-35(49)24-11-7-5-8-12-24)18-54-59(52,61)57-26-17-28(56-38(26,4-2)19-53-58(51)60)48-23-44-30-32(40-21-42-34(30)48)46-36(50)25-13-9-6-10-14-25;1-2/h5-14,17,20-23,27-28,51,60H,3-4,15-16,18-19H2,1-2H3,(H,52,61)(H,39,41,45,49)(H,40,42,46,50);2H,1H3/t27?,28?,37-,38+,58?,59?;/m0./s1. The predicted molar refractivity (Wildman–Crippen MR) is 239 cm³/mol. The third kappa shape index (κ3) is 10.1. The monoisotopic (exact) mass is 938 g/mol. The van der Waals surface area contributed by atoms with Crippen LogP contribution in [0.5, 0.6) is 0 Å². The Morgan fingerprint density at radius 2 is 1.41 bits per heavy atom. The maximum Gasteiger partial charge on any atom is 0.377 e. The highest BCUT2D eigenvalue weighted by Crippen LogP contribution is 2.54. The molecular weight excluding hydrogens is 895 g/mol. The van der Waals surface area contributed by atoms with Crippen molar-refractivity contribution >= 4 is 84.1 Å². The van der Waals surface area contributed by atoms with Crippen molar-refractivity contribution in [3.8, 4) is 0 Å². The van der Waals surface area contributed by atoms with Crippen molar-refractivity contribution in [2.45, 2.75) is 63.2 Å². The molecule has 5 N–H and O–H groups in total. The van der Waals surface area contributed by atoms with E-state index in [0.717, 1.165) is 7.11 Å². The SMILES string of the molecule is CC[C@@]1(COP(O)(=S)OC2=CC(n3cnc4c(NC(=O)c5ccccc5)ncnc43)O[C@]2(CC)COP(O)S)CCC(n2cnc3c(NC(=O)c4ccccc4)ncnc32)O1.CO. The van der Waals surface area contributed by atoms with E-state index >= 15 is 0 Å². The molecule has 4 aromatic heterocycles. The smallest absolute Gasteiger partial charge is 0.377 e. The largest absolute Gasteiger partial charge is 0.426 e. The van der Waals surface area contributed by atoms with Crippen molar-refractivity contribution in [3.63, 3.8) is 0 Å². The van der Waals surface area contributed by atoms with Gasteiger partial charge in [-0.3, -0.25) is 23.2 Å². The van der Waals surface area contributed by atoms with Gasteiger partial charge in [-0.1, -0.05) is 62.5 Å². The van der Waals surface area contributed by atoms with Crippen LogP contribution in [0, 0.1) is 0 Å². The summed E-state index contributed by atoms with van der Waals surface area (Å²) in [6.45, 7) is -0.627. The zero-order valence-electron chi connectivity index (χ0n) is 34.1. The Morgan fingerprint density at radius 3 is 1.95 bits per heavy atom. The van der Waals surface area contributed by atoms with Crippen molar-refractivity contribution in [2.75, 3.05) is 31.0 Å². The third-order valence-corrected chi connectivity index (χ3v) is 12.6. The first-order chi connectivity index (χ1) is 30.4. The predicted octanol–water partition coefficient (Wildman–Crippen LogP) is 6.21. The Hall–Kier alpha value is -4.83. The molecule has 332 valence electrons. The lowest BCUT2D eigenvalue weighted by molar-refractivity contribution is -0.101. The number of aliphatic hydroxyl groups is 1. The highest BCUT2D eigenvalue weighted by atomic mass is 32.7. The Bertz CT molecular complexity index is 2640. The molecule has 63 heavy (non-hydrogen) atoms. The summed E-state index contributed by atoms with van der Waals surface area (Å²) in [5, 5.41) is 12.6. The number of thiol groups is 1. The van der Waals surface area contributed by atoms with E-state index in [9.17, 15) is 19.4 Å². The molecule has 24 heteroatoms. The highest BCUT2D eigenvalue weighted by Gasteiger charge is 2.48. The van der Waals surface area contributed by atoms with Gasteiger partial charge in [0.2, 0.25) is 7.58 Å². The molecular formula is C39H44N10O10P2S2. The maximum absolute atomic E-state index is 13.0. The number of aromatic nitrogens is 8. The first-order valence-electron chi connectivity index (χ1n) is 19.5. The van der Waals surface area contributed by atoms with E-state index < -0.39 is 38.0 Å². The van der Waals surface area contributed by atoms with Crippen LogP contribution in [-0.4, -0.2) is 97.3 Å². The Balaban J connectivity index is 0.00000293. The average Bonchev–Trinajstić information content (AvgIpc) is 4.11. The minimum absolute atomic E-state index is 0.111. The zero-order valence-corrected chi connectivity index (χ0v) is 37.6. The molecule has 1 saturated heterocycles. The Kier molecular flexibility index (Phi) is 14.6. The second-order valence-corrected chi connectivity index (χ2v) is 18.7. The van der Waals surface area contributed by atoms with E-state index in [-0.39, 0.29) is 48.8 Å². The second-order valence-electron chi connectivity index (χ2n) is 14.1. The molecule has 6 heterocycles. The van der Waals surface area contributed by atoms with E-state index in [1.165, 1.54) is 19.0 Å². The molecule has 2 aliphatic heterocycles. The summed E-state index contributed by atoms with van der Waals surface area (Å²) in [5.41, 5.74) is 0.164. The lowest BCUT2D eigenvalue weighted by Crippen LogP contribution is -2.37.